The van der Waals surface area contributed by atoms with Crippen LogP contribution < -0.4 is 0 Å². The van der Waals surface area contributed by atoms with E-state index < -0.39 is 5.97 Å². The molecule has 3 aromatic rings. The maximum atomic E-state index is 11.3. The summed E-state index contributed by atoms with van der Waals surface area (Å²) in [6, 6.07) is 14.1. The molecule has 1 N–H and O–H groups in total. The van der Waals surface area contributed by atoms with E-state index in [0.717, 1.165) is 28.2 Å². The molecule has 98 valence electrons. The van der Waals surface area contributed by atoms with Crippen LogP contribution >= 0.6 is 0 Å². The third-order valence-corrected chi connectivity index (χ3v) is 3.17. The standard InChI is InChI=1S/C17H13NO2/c1-2-20-16(19)11-10-12-6-5-8-14-13-7-3-4-9-15(13)18-17(12)14/h2-11,18H,1H2. The number of para-hydroxylation sites is 2. The number of carbonyl (C=O) groups excluding carboxylic acids is 1. The van der Waals surface area contributed by atoms with Crippen molar-refractivity contribution in [2.45, 2.75) is 0 Å². The van der Waals surface area contributed by atoms with Gasteiger partial charge in [-0.3, -0.25) is 0 Å². The monoisotopic (exact) mass is 263 g/mol. The number of hydrogen-bond donors (Lipinski definition) is 1. The van der Waals surface area contributed by atoms with Gasteiger partial charge in [-0.05, 0) is 17.7 Å². The smallest absolute Gasteiger partial charge is 0.335 e. The molecule has 3 rings (SSSR count). The lowest BCUT2D eigenvalue weighted by molar-refractivity contribution is -0.132. The van der Waals surface area contributed by atoms with E-state index in [9.17, 15) is 4.79 Å². The quantitative estimate of drug-likeness (QED) is 0.440. The highest BCUT2D eigenvalue weighted by molar-refractivity contribution is 6.09. The average molecular weight is 263 g/mol. The number of aromatic amines is 1. The summed E-state index contributed by atoms with van der Waals surface area (Å²) in [5, 5.41) is 2.31. The number of H-pyrrole nitrogens is 1. The molecule has 0 amide bonds. The van der Waals surface area contributed by atoms with Crippen molar-refractivity contribution in [2.75, 3.05) is 0 Å². The van der Waals surface area contributed by atoms with E-state index in [4.69, 9.17) is 0 Å². The Morgan fingerprint density at radius 2 is 1.90 bits per heavy atom. The van der Waals surface area contributed by atoms with Crippen LogP contribution in [-0.2, 0) is 9.53 Å². The molecule has 0 bridgehead atoms. The highest BCUT2D eigenvalue weighted by Gasteiger charge is 2.05. The molecule has 3 heteroatoms. The average Bonchev–Trinajstić information content (AvgIpc) is 2.84. The van der Waals surface area contributed by atoms with Crippen molar-refractivity contribution in [3.63, 3.8) is 0 Å². The van der Waals surface area contributed by atoms with Gasteiger partial charge in [0.15, 0.2) is 0 Å². The Morgan fingerprint density at radius 1 is 1.10 bits per heavy atom. The zero-order valence-electron chi connectivity index (χ0n) is 10.8. The molecule has 1 heterocycles. The lowest BCUT2D eigenvalue weighted by atomic mass is 10.1. The fourth-order valence-corrected chi connectivity index (χ4v) is 2.31. The van der Waals surface area contributed by atoms with Crippen molar-refractivity contribution >= 4 is 33.9 Å². The molecule has 0 aliphatic rings. The number of esters is 1. The van der Waals surface area contributed by atoms with Crippen LogP contribution in [0.4, 0.5) is 0 Å². The largest absolute Gasteiger partial charge is 0.432 e. The highest BCUT2D eigenvalue weighted by Crippen LogP contribution is 2.27. The molecule has 3 nitrogen and oxygen atoms in total. The first kappa shape index (κ1) is 12.2. The minimum Gasteiger partial charge on any atom is -0.432 e. The molecule has 20 heavy (non-hydrogen) atoms. The molecule has 0 saturated heterocycles. The fraction of sp³-hybridized carbons (Fsp3) is 0. The Bertz CT molecular complexity index is 827. The molecule has 0 saturated carbocycles. The third-order valence-electron chi connectivity index (χ3n) is 3.17. The zero-order chi connectivity index (χ0) is 13.9. The van der Waals surface area contributed by atoms with Crippen LogP contribution in [0.1, 0.15) is 5.56 Å². The molecule has 0 spiro atoms. The minimum absolute atomic E-state index is 0.437. The first-order valence-electron chi connectivity index (χ1n) is 6.28. The van der Waals surface area contributed by atoms with Crippen molar-refractivity contribution in [1.82, 2.24) is 4.98 Å². The summed E-state index contributed by atoms with van der Waals surface area (Å²) in [7, 11) is 0. The second kappa shape index (κ2) is 5.05. The topological polar surface area (TPSA) is 42.1 Å². The SMILES string of the molecule is C=COC(=O)C=Cc1cccc2c1[nH]c1ccccc12. The first-order valence-corrected chi connectivity index (χ1v) is 6.28. The summed E-state index contributed by atoms with van der Waals surface area (Å²) in [6.07, 6.45) is 4.25. The predicted molar refractivity (Wildman–Crippen MR) is 81.1 cm³/mol. The van der Waals surface area contributed by atoms with Crippen molar-refractivity contribution in [3.05, 3.63) is 66.9 Å². The number of carbonyl (C=O) groups is 1. The summed E-state index contributed by atoms with van der Waals surface area (Å²) < 4.78 is 4.66. The van der Waals surface area contributed by atoms with Gasteiger partial charge in [0, 0.05) is 22.4 Å². The van der Waals surface area contributed by atoms with Crippen LogP contribution in [0.15, 0.2) is 61.4 Å². The van der Waals surface area contributed by atoms with E-state index >= 15 is 0 Å². The van der Waals surface area contributed by atoms with E-state index in [1.54, 1.807) is 6.08 Å². The number of benzene rings is 2. The van der Waals surface area contributed by atoms with Crippen LogP contribution in [0.2, 0.25) is 0 Å². The lowest BCUT2D eigenvalue weighted by Crippen LogP contribution is -1.92. The Labute approximate surface area is 116 Å². The van der Waals surface area contributed by atoms with Gasteiger partial charge in [-0.1, -0.05) is 43.0 Å². The normalized spacial score (nSPS) is 11.2. The minimum atomic E-state index is -0.437. The molecule has 1 aromatic heterocycles. The second-order valence-electron chi connectivity index (χ2n) is 4.38. The molecule has 2 aromatic carbocycles. The Morgan fingerprint density at radius 3 is 2.75 bits per heavy atom. The zero-order valence-corrected chi connectivity index (χ0v) is 10.8. The Kier molecular flexibility index (Phi) is 3.09. The van der Waals surface area contributed by atoms with Gasteiger partial charge in [0.2, 0.25) is 0 Å². The van der Waals surface area contributed by atoms with Crippen LogP contribution in [0.3, 0.4) is 0 Å². The van der Waals surface area contributed by atoms with Crippen LogP contribution in [0, 0.1) is 0 Å². The first-order chi connectivity index (χ1) is 9.79. The molecule has 0 aliphatic heterocycles. The number of hydrogen-bond acceptors (Lipinski definition) is 2. The summed E-state index contributed by atoms with van der Waals surface area (Å²) in [5.74, 6) is -0.437. The second-order valence-corrected chi connectivity index (χ2v) is 4.38. The molecule has 0 atom stereocenters. The predicted octanol–water partition coefficient (Wildman–Crippen LogP) is 4.02. The lowest BCUT2D eigenvalue weighted by Gasteiger charge is -1.97. The van der Waals surface area contributed by atoms with Gasteiger partial charge >= 0.3 is 5.97 Å². The van der Waals surface area contributed by atoms with Gasteiger partial charge < -0.3 is 9.72 Å². The van der Waals surface area contributed by atoms with E-state index in [1.165, 1.54) is 11.5 Å². The van der Waals surface area contributed by atoms with Gasteiger partial charge in [0.05, 0.1) is 11.8 Å². The summed E-state index contributed by atoms with van der Waals surface area (Å²) in [4.78, 5) is 14.7. The van der Waals surface area contributed by atoms with E-state index in [-0.39, 0.29) is 0 Å². The van der Waals surface area contributed by atoms with Crippen molar-refractivity contribution in [1.29, 1.82) is 0 Å². The fourth-order valence-electron chi connectivity index (χ4n) is 2.31. The molecular weight excluding hydrogens is 250 g/mol. The Balaban J connectivity index is 2.12. The molecule has 0 fully saturated rings. The molecular formula is C17H13NO2. The van der Waals surface area contributed by atoms with Crippen LogP contribution in [0.5, 0.6) is 0 Å². The van der Waals surface area contributed by atoms with Crippen molar-refractivity contribution < 1.29 is 9.53 Å². The van der Waals surface area contributed by atoms with E-state index in [1.807, 2.05) is 30.3 Å². The summed E-state index contributed by atoms with van der Waals surface area (Å²) >= 11 is 0. The number of nitrogens with one attached hydrogen (secondary N) is 1. The third kappa shape index (κ3) is 2.10. The van der Waals surface area contributed by atoms with Gasteiger partial charge in [-0.2, -0.15) is 0 Å². The summed E-state index contributed by atoms with van der Waals surface area (Å²) in [5.41, 5.74) is 3.04. The molecule has 0 radical (unpaired) electrons. The number of fused-ring (bicyclic) bond motifs is 3. The Hall–Kier alpha value is -2.81. The molecule has 0 unspecified atom stereocenters. The van der Waals surface area contributed by atoms with Crippen LogP contribution in [-0.4, -0.2) is 11.0 Å². The van der Waals surface area contributed by atoms with E-state index in [2.05, 4.69) is 28.4 Å². The maximum Gasteiger partial charge on any atom is 0.335 e. The van der Waals surface area contributed by atoms with Crippen molar-refractivity contribution in [2.24, 2.45) is 0 Å². The number of ether oxygens (including phenoxy) is 1. The van der Waals surface area contributed by atoms with Gasteiger partial charge in [0.1, 0.15) is 0 Å². The molecule has 0 aliphatic carbocycles. The van der Waals surface area contributed by atoms with Gasteiger partial charge in [-0.25, -0.2) is 4.79 Å². The number of rotatable bonds is 3. The van der Waals surface area contributed by atoms with Crippen LogP contribution in [0.25, 0.3) is 27.9 Å². The number of aromatic nitrogens is 1. The maximum absolute atomic E-state index is 11.3. The summed E-state index contributed by atoms with van der Waals surface area (Å²) in [6.45, 7) is 3.35. The highest BCUT2D eigenvalue weighted by atomic mass is 16.5. The van der Waals surface area contributed by atoms with Crippen molar-refractivity contribution in [3.8, 4) is 0 Å². The van der Waals surface area contributed by atoms with Gasteiger partial charge in [-0.15, -0.1) is 0 Å². The van der Waals surface area contributed by atoms with E-state index in [0.29, 0.717) is 0 Å². The van der Waals surface area contributed by atoms with Gasteiger partial charge in [0.25, 0.3) is 0 Å².